The Morgan fingerprint density at radius 1 is 1.44 bits per heavy atom. The van der Waals surface area contributed by atoms with Crippen molar-refractivity contribution in [1.82, 2.24) is 4.90 Å². The van der Waals surface area contributed by atoms with Gasteiger partial charge in [0.25, 0.3) is 0 Å². The van der Waals surface area contributed by atoms with Gasteiger partial charge in [-0.1, -0.05) is 25.8 Å². The number of nitrogens with zero attached hydrogens (tertiary/aromatic N) is 1. The highest BCUT2D eigenvalue weighted by Crippen LogP contribution is 2.44. The number of hydrogen-bond donors (Lipinski definition) is 1. The van der Waals surface area contributed by atoms with E-state index in [2.05, 4.69) is 25.3 Å². The maximum absolute atomic E-state index is 10.7. The molecule has 2 rings (SSSR count). The molecule has 0 aromatic heterocycles. The van der Waals surface area contributed by atoms with Crippen LogP contribution in [0.2, 0.25) is 0 Å². The minimum atomic E-state index is -0.615. The molecule has 1 aliphatic carbocycles. The lowest BCUT2D eigenvalue weighted by molar-refractivity contribution is -0.104. The lowest BCUT2D eigenvalue weighted by atomic mass is 9.67. The maximum atomic E-state index is 10.7. The van der Waals surface area contributed by atoms with E-state index in [4.69, 9.17) is 0 Å². The lowest BCUT2D eigenvalue weighted by Crippen LogP contribution is -2.61. The third-order valence-electron chi connectivity index (χ3n) is 4.70. The Kier molecular flexibility index (Phi) is 3.41. The van der Waals surface area contributed by atoms with E-state index < -0.39 is 5.60 Å². The van der Waals surface area contributed by atoms with Crippen molar-refractivity contribution in [3.8, 4) is 0 Å². The Balaban J connectivity index is 2.26. The van der Waals surface area contributed by atoms with Crippen LogP contribution in [0.3, 0.4) is 0 Å². The Bertz CT molecular complexity index is 265. The molecule has 1 heterocycles. The van der Waals surface area contributed by atoms with Crippen LogP contribution >= 0.6 is 0 Å². The van der Waals surface area contributed by atoms with Crippen LogP contribution in [0.15, 0.2) is 12.7 Å². The van der Waals surface area contributed by atoms with E-state index in [0.717, 1.165) is 19.4 Å². The topological polar surface area (TPSA) is 23.5 Å². The van der Waals surface area contributed by atoms with Crippen molar-refractivity contribution in [2.45, 2.75) is 63.6 Å². The molecule has 1 N–H and O–H groups in total. The van der Waals surface area contributed by atoms with E-state index in [1.54, 1.807) is 6.08 Å². The van der Waals surface area contributed by atoms with Crippen LogP contribution in [0, 0.1) is 5.92 Å². The molecule has 0 amide bonds. The van der Waals surface area contributed by atoms with Gasteiger partial charge in [-0.3, -0.25) is 4.90 Å². The normalized spacial score (nSPS) is 45.1. The first-order valence-electron chi connectivity index (χ1n) is 6.74. The van der Waals surface area contributed by atoms with Gasteiger partial charge in [-0.25, -0.2) is 0 Å². The number of piperidine rings is 1. The summed E-state index contributed by atoms with van der Waals surface area (Å²) in [6.45, 7) is 9.45. The second-order valence-corrected chi connectivity index (χ2v) is 5.54. The number of rotatable bonds is 2. The van der Waals surface area contributed by atoms with Crippen LogP contribution in [0.1, 0.15) is 46.0 Å². The molecular weight excluding hydrogens is 198 g/mol. The summed E-state index contributed by atoms with van der Waals surface area (Å²) in [5.74, 6) is 0.412. The predicted octanol–water partition coefficient (Wildman–Crippen LogP) is 2.58. The first-order chi connectivity index (χ1) is 7.62. The van der Waals surface area contributed by atoms with Gasteiger partial charge in [-0.2, -0.15) is 0 Å². The van der Waals surface area contributed by atoms with Crippen molar-refractivity contribution in [3.05, 3.63) is 12.7 Å². The SMILES string of the molecule is C=CC1(O)CC(C)N(CC)C2CCCCC21. The summed E-state index contributed by atoms with van der Waals surface area (Å²) < 4.78 is 0. The average molecular weight is 223 g/mol. The molecule has 4 atom stereocenters. The van der Waals surface area contributed by atoms with Crippen LogP contribution in [-0.4, -0.2) is 34.2 Å². The molecule has 4 unspecified atom stereocenters. The van der Waals surface area contributed by atoms with Gasteiger partial charge in [0.2, 0.25) is 0 Å². The molecule has 1 aliphatic heterocycles. The quantitative estimate of drug-likeness (QED) is 0.727. The van der Waals surface area contributed by atoms with Crippen molar-refractivity contribution in [3.63, 3.8) is 0 Å². The fourth-order valence-electron chi connectivity index (χ4n) is 3.94. The predicted molar refractivity (Wildman–Crippen MR) is 67.4 cm³/mol. The van der Waals surface area contributed by atoms with E-state index in [1.807, 2.05) is 0 Å². The largest absolute Gasteiger partial charge is 0.385 e. The van der Waals surface area contributed by atoms with Crippen LogP contribution in [0.4, 0.5) is 0 Å². The van der Waals surface area contributed by atoms with Gasteiger partial charge >= 0.3 is 0 Å². The molecule has 2 fully saturated rings. The number of fused-ring (bicyclic) bond motifs is 1. The monoisotopic (exact) mass is 223 g/mol. The van der Waals surface area contributed by atoms with E-state index in [0.29, 0.717) is 18.0 Å². The molecule has 2 nitrogen and oxygen atoms in total. The van der Waals surface area contributed by atoms with E-state index in [-0.39, 0.29) is 0 Å². The van der Waals surface area contributed by atoms with Gasteiger partial charge in [0, 0.05) is 18.0 Å². The van der Waals surface area contributed by atoms with Gasteiger partial charge in [0.15, 0.2) is 0 Å². The van der Waals surface area contributed by atoms with Crippen molar-refractivity contribution in [2.75, 3.05) is 6.54 Å². The van der Waals surface area contributed by atoms with E-state index in [9.17, 15) is 5.11 Å². The lowest BCUT2D eigenvalue weighted by Gasteiger charge is -2.54. The summed E-state index contributed by atoms with van der Waals surface area (Å²) >= 11 is 0. The second-order valence-electron chi connectivity index (χ2n) is 5.54. The Labute approximate surface area is 99.3 Å². The summed E-state index contributed by atoms with van der Waals surface area (Å²) in [5, 5.41) is 10.7. The molecule has 0 bridgehead atoms. The fraction of sp³-hybridized carbons (Fsp3) is 0.857. The standard InChI is InChI=1S/C14H25NO/c1-4-14(16)10-11(3)15(5-2)13-9-7-6-8-12(13)14/h4,11-13,16H,1,5-10H2,2-3H3. The first kappa shape index (κ1) is 12.1. The van der Waals surface area contributed by atoms with Gasteiger partial charge in [-0.15, -0.1) is 6.58 Å². The minimum absolute atomic E-state index is 0.412. The van der Waals surface area contributed by atoms with Gasteiger partial charge < -0.3 is 5.11 Å². The minimum Gasteiger partial charge on any atom is -0.385 e. The number of likely N-dealkylation sites (tertiary alicyclic amines) is 1. The molecule has 0 spiro atoms. The zero-order valence-corrected chi connectivity index (χ0v) is 10.7. The average Bonchev–Trinajstić information content (AvgIpc) is 2.30. The Morgan fingerprint density at radius 2 is 2.12 bits per heavy atom. The van der Waals surface area contributed by atoms with Crippen molar-refractivity contribution >= 4 is 0 Å². The third-order valence-corrected chi connectivity index (χ3v) is 4.70. The van der Waals surface area contributed by atoms with Crippen LogP contribution < -0.4 is 0 Å². The third kappa shape index (κ3) is 1.82. The maximum Gasteiger partial charge on any atom is 0.0882 e. The van der Waals surface area contributed by atoms with Crippen molar-refractivity contribution in [2.24, 2.45) is 5.92 Å². The smallest absolute Gasteiger partial charge is 0.0882 e. The zero-order chi connectivity index (χ0) is 11.8. The molecule has 0 radical (unpaired) electrons. The van der Waals surface area contributed by atoms with Gasteiger partial charge in [-0.05, 0) is 32.7 Å². The van der Waals surface area contributed by atoms with Crippen LogP contribution in [-0.2, 0) is 0 Å². The van der Waals surface area contributed by atoms with Gasteiger partial charge in [0.05, 0.1) is 5.60 Å². The van der Waals surface area contributed by atoms with E-state index >= 15 is 0 Å². The number of aliphatic hydroxyl groups is 1. The first-order valence-corrected chi connectivity index (χ1v) is 6.74. The molecule has 2 aliphatic rings. The molecule has 0 aromatic carbocycles. The molecule has 2 heteroatoms. The molecule has 16 heavy (non-hydrogen) atoms. The van der Waals surface area contributed by atoms with Crippen molar-refractivity contribution in [1.29, 1.82) is 0 Å². The highest BCUT2D eigenvalue weighted by Gasteiger charge is 2.48. The van der Waals surface area contributed by atoms with E-state index in [1.165, 1.54) is 19.3 Å². The summed E-state index contributed by atoms with van der Waals surface area (Å²) in [6.07, 6.45) is 7.65. The summed E-state index contributed by atoms with van der Waals surface area (Å²) in [6, 6.07) is 1.05. The highest BCUT2D eigenvalue weighted by atomic mass is 16.3. The summed E-state index contributed by atoms with van der Waals surface area (Å²) in [5.41, 5.74) is -0.615. The number of hydrogen-bond acceptors (Lipinski definition) is 2. The fourth-order valence-corrected chi connectivity index (χ4v) is 3.94. The summed E-state index contributed by atoms with van der Waals surface area (Å²) in [4.78, 5) is 2.59. The zero-order valence-electron chi connectivity index (χ0n) is 10.7. The van der Waals surface area contributed by atoms with Crippen LogP contribution in [0.25, 0.3) is 0 Å². The summed E-state index contributed by atoms with van der Waals surface area (Å²) in [7, 11) is 0. The Morgan fingerprint density at radius 3 is 2.75 bits per heavy atom. The second kappa shape index (κ2) is 4.50. The van der Waals surface area contributed by atoms with Gasteiger partial charge in [0.1, 0.15) is 0 Å². The van der Waals surface area contributed by atoms with Crippen LogP contribution in [0.5, 0.6) is 0 Å². The highest BCUT2D eigenvalue weighted by molar-refractivity contribution is 5.10. The molecule has 0 aromatic rings. The molecule has 1 saturated heterocycles. The molecule has 92 valence electrons. The molecular formula is C14H25NO. The molecule has 1 saturated carbocycles. The van der Waals surface area contributed by atoms with Crippen molar-refractivity contribution < 1.29 is 5.11 Å². The Hall–Kier alpha value is -0.340.